The third-order valence-electron chi connectivity index (χ3n) is 4.98. The average molecular weight is 337 g/mol. The molecule has 23 heavy (non-hydrogen) atoms. The SMILES string of the molecule is O=C(NCC(O)c1ccsc1)NC1CCN(CC2CCCC2)C1. The summed E-state index contributed by atoms with van der Waals surface area (Å²) in [6.45, 7) is 3.48. The lowest BCUT2D eigenvalue weighted by molar-refractivity contribution is 0.173. The number of carbonyl (C=O) groups excluding carboxylic acids is 1. The first kappa shape index (κ1) is 16.7. The molecule has 6 heteroatoms. The largest absolute Gasteiger partial charge is 0.387 e. The first-order valence-electron chi connectivity index (χ1n) is 8.67. The minimum atomic E-state index is -0.630. The van der Waals surface area contributed by atoms with Crippen molar-refractivity contribution < 1.29 is 9.90 Å². The number of nitrogens with one attached hydrogen (secondary N) is 2. The molecule has 2 heterocycles. The van der Waals surface area contributed by atoms with Gasteiger partial charge in [-0.05, 0) is 47.6 Å². The highest BCUT2D eigenvalue weighted by Crippen LogP contribution is 2.26. The molecule has 0 spiro atoms. The number of amides is 2. The van der Waals surface area contributed by atoms with Crippen LogP contribution in [0.5, 0.6) is 0 Å². The van der Waals surface area contributed by atoms with Gasteiger partial charge in [0.25, 0.3) is 0 Å². The number of carbonyl (C=O) groups is 1. The number of hydrogen-bond acceptors (Lipinski definition) is 4. The van der Waals surface area contributed by atoms with Crippen LogP contribution < -0.4 is 10.6 Å². The Hall–Kier alpha value is -1.11. The van der Waals surface area contributed by atoms with Crippen LogP contribution in [0.25, 0.3) is 0 Å². The van der Waals surface area contributed by atoms with E-state index in [1.165, 1.54) is 32.2 Å². The fraction of sp³-hybridized carbons (Fsp3) is 0.706. The fourth-order valence-corrected chi connectivity index (χ4v) is 4.39. The van der Waals surface area contributed by atoms with Crippen LogP contribution in [0.3, 0.4) is 0 Å². The van der Waals surface area contributed by atoms with Gasteiger partial charge in [-0.25, -0.2) is 4.79 Å². The Morgan fingerprint density at radius 1 is 1.39 bits per heavy atom. The van der Waals surface area contributed by atoms with E-state index in [-0.39, 0.29) is 18.6 Å². The highest BCUT2D eigenvalue weighted by molar-refractivity contribution is 7.07. The number of thiophene rings is 1. The summed E-state index contributed by atoms with van der Waals surface area (Å²) in [6, 6.07) is 1.94. The molecule has 128 valence electrons. The van der Waals surface area contributed by atoms with E-state index in [0.717, 1.165) is 31.0 Å². The zero-order valence-corrected chi connectivity index (χ0v) is 14.4. The van der Waals surface area contributed by atoms with Crippen molar-refractivity contribution in [3.63, 3.8) is 0 Å². The van der Waals surface area contributed by atoms with Gasteiger partial charge in [0.15, 0.2) is 0 Å². The standard InChI is InChI=1S/C17H27N3O2S/c21-16(14-6-8-23-12-14)9-18-17(22)19-15-5-7-20(11-15)10-13-3-1-2-4-13/h6,8,12-13,15-16,21H,1-5,7,9-11H2,(H2,18,19,22). The van der Waals surface area contributed by atoms with Crippen LogP contribution in [0.4, 0.5) is 4.79 Å². The van der Waals surface area contributed by atoms with Gasteiger partial charge in [-0.2, -0.15) is 11.3 Å². The molecule has 1 saturated carbocycles. The highest BCUT2D eigenvalue weighted by atomic mass is 32.1. The van der Waals surface area contributed by atoms with Crippen LogP contribution in [-0.4, -0.2) is 48.3 Å². The summed E-state index contributed by atoms with van der Waals surface area (Å²) in [6.07, 6.45) is 5.90. The van der Waals surface area contributed by atoms with Crippen LogP contribution >= 0.6 is 11.3 Å². The van der Waals surface area contributed by atoms with Gasteiger partial charge < -0.3 is 20.6 Å². The van der Waals surface area contributed by atoms with Crippen LogP contribution in [0.15, 0.2) is 16.8 Å². The summed E-state index contributed by atoms with van der Waals surface area (Å²) in [5, 5.41) is 19.6. The van der Waals surface area contributed by atoms with Gasteiger partial charge in [0.05, 0.1) is 6.10 Å². The van der Waals surface area contributed by atoms with Crippen molar-refractivity contribution in [2.75, 3.05) is 26.2 Å². The van der Waals surface area contributed by atoms with Gasteiger partial charge in [0.1, 0.15) is 0 Å². The van der Waals surface area contributed by atoms with Gasteiger partial charge in [-0.1, -0.05) is 12.8 Å². The van der Waals surface area contributed by atoms with Crippen LogP contribution in [0, 0.1) is 5.92 Å². The zero-order valence-electron chi connectivity index (χ0n) is 13.5. The number of aliphatic hydroxyl groups excluding tert-OH is 1. The predicted octanol–water partition coefficient (Wildman–Crippen LogP) is 2.35. The molecule has 0 aromatic carbocycles. The topological polar surface area (TPSA) is 64.6 Å². The molecular formula is C17H27N3O2S. The molecule has 2 unspecified atom stereocenters. The second kappa shape index (κ2) is 8.13. The van der Waals surface area contributed by atoms with Crippen molar-refractivity contribution in [2.24, 2.45) is 5.92 Å². The van der Waals surface area contributed by atoms with Gasteiger partial charge in [-0.15, -0.1) is 0 Å². The van der Waals surface area contributed by atoms with Crippen molar-refractivity contribution in [2.45, 2.75) is 44.2 Å². The Morgan fingerprint density at radius 2 is 2.22 bits per heavy atom. The molecule has 1 aromatic heterocycles. The molecule has 2 fully saturated rings. The number of rotatable bonds is 6. The lowest BCUT2D eigenvalue weighted by Crippen LogP contribution is -2.44. The molecule has 2 atom stereocenters. The van der Waals surface area contributed by atoms with Crippen molar-refractivity contribution in [1.29, 1.82) is 0 Å². The predicted molar refractivity (Wildman–Crippen MR) is 92.6 cm³/mol. The third kappa shape index (κ3) is 4.93. The lowest BCUT2D eigenvalue weighted by Gasteiger charge is -2.20. The Kier molecular flexibility index (Phi) is 5.91. The summed E-state index contributed by atoms with van der Waals surface area (Å²) < 4.78 is 0. The van der Waals surface area contributed by atoms with Crippen LogP contribution in [-0.2, 0) is 0 Å². The summed E-state index contributed by atoms with van der Waals surface area (Å²) in [5.41, 5.74) is 0.860. The van der Waals surface area contributed by atoms with Gasteiger partial charge in [0, 0.05) is 32.2 Å². The number of aliphatic hydroxyl groups is 1. The van der Waals surface area contributed by atoms with Crippen molar-refractivity contribution in [1.82, 2.24) is 15.5 Å². The fourth-order valence-electron chi connectivity index (χ4n) is 3.68. The summed E-state index contributed by atoms with van der Waals surface area (Å²) in [5.74, 6) is 0.864. The van der Waals surface area contributed by atoms with Crippen molar-refractivity contribution >= 4 is 17.4 Å². The quantitative estimate of drug-likeness (QED) is 0.746. The normalized spacial score (nSPS) is 24.0. The number of nitrogens with zero attached hydrogens (tertiary/aromatic N) is 1. The average Bonchev–Trinajstić information content (AvgIpc) is 3.28. The van der Waals surface area contributed by atoms with E-state index < -0.39 is 6.10 Å². The maximum absolute atomic E-state index is 12.0. The molecule has 1 aromatic rings. The molecule has 2 aliphatic rings. The van der Waals surface area contributed by atoms with Crippen molar-refractivity contribution in [3.05, 3.63) is 22.4 Å². The highest BCUT2D eigenvalue weighted by Gasteiger charge is 2.26. The minimum Gasteiger partial charge on any atom is -0.387 e. The van der Waals surface area contributed by atoms with Gasteiger partial charge >= 0.3 is 6.03 Å². The van der Waals surface area contributed by atoms with Crippen LogP contribution in [0.1, 0.15) is 43.8 Å². The number of hydrogen-bond donors (Lipinski definition) is 3. The molecular weight excluding hydrogens is 310 g/mol. The number of urea groups is 1. The summed E-state index contributed by atoms with van der Waals surface area (Å²) >= 11 is 1.55. The molecule has 3 N–H and O–H groups in total. The molecule has 2 amide bonds. The summed E-state index contributed by atoms with van der Waals surface area (Å²) in [4.78, 5) is 14.5. The Morgan fingerprint density at radius 3 is 2.96 bits per heavy atom. The maximum Gasteiger partial charge on any atom is 0.315 e. The van der Waals surface area contributed by atoms with E-state index in [2.05, 4.69) is 15.5 Å². The van der Waals surface area contributed by atoms with Crippen LogP contribution in [0.2, 0.25) is 0 Å². The Bertz CT molecular complexity index is 488. The molecule has 1 saturated heterocycles. The second-order valence-electron chi connectivity index (χ2n) is 6.82. The Labute approximate surface area is 142 Å². The zero-order chi connectivity index (χ0) is 16.1. The molecule has 0 radical (unpaired) electrons. The van der Waals surface area contributed by atoms with E-state index in [9.17, 15) is 9.90 Å². The summed E-state index contributed by atoms with van der Waals surface area (Å²) in [7, 11) is 0. The second-order valence-corrected chi connectivity index (χ2v) is 7.60. The minimum absolute atomic E-state index is 0.174. The first-order chi connectivity index (χ1) is 11.2. The molecule has 0 bridgehead atoms. The van der Waals surface area contributed by atoms with Gasteiger partial charge in [0.2, 0.25) is 0 Å². The van der Waals surface area contributed by atoms with E-state index in [4.69, 9.17) is 0 Å². The van der Waals surface area contributed by atoms with E-state index in [1.54, 1.807) is 11.3 Å². The lowest BCUT2D eigenvalue weighted by atomic mass is 10.1. The molecule has 1 aliphatic heterocycles. The first-order valence-corrected chi connectivity index (χ1v) is 9.62. The third-order valence-corrected chi connectivity index (χ3v) is 5.68. The maximum atomic E-state index is 12.0. The number of likely N-dealkylation sites (tertiary alicyclic amines) is 1. The molecule has 3 rings (SSSR count). The van der Waals surface area contributed by atoms with E-state index in [0.29, 0.717) is 0 Å². The molecule has 1 aliphatic carbocycles. The van der Waals surface area contributed by atoms with Gasteiger partial charge in [-0.3, -0.25) is 0 Å². The van der Waals surface area contributed by atoms with Crippen molar-refractivity contribution in [3.8, 4) is 0 Å². The van der Waals surface area contributed by atoms with E-state index in [1.807, 2.05) is 16.8 Å². The Balaban J connectivity index is 1.34. The monoisotopic (exact) mass is 337 g/mol. The smallest absolute Gasteiger partial charge is 0.315 e. The van der Waals surface area contributed by atoms with E-state index >= 15 is 0 Å². The molecule has 5 nitrogen and oxygen atoms in total.